The predicted octanol–water partition coefficient (Wildman–Crippen LogP) is -0.609. The minimum Gasteiger partial charge on any atom is -0.392 e. The number of hydrazine groups is 1. The summed E-state index contributed by atoms with van der Waals surface area (Å²) in [5, 5.41) is 9.48. The average Bonchev–Trinajstić information content (AvgIpc) is 2.24. The molecule has 1 aliphatic carbocycles. The molecule has 1 saturated carbocycles. The molecule has 0 aromatic heterocycles. The zero-order valence-electron chi connectivity index (χ0n) is 10.5. The highest BCUT2D eigenvalue weighted by atomic mass is 16.3. The summed E-state index contributed by atoms with van der Waals surface area (Å²) in [5.74, 6) is -0.243. The number of carbonyl (C=O) groups is 2. The van der Waals surface area contributed by atoms with Gasteiger partial charge in [-0.3, -0.25) is 25.3 Å². The Hall–Kier alpha value is -1.14. The third-order valence-electron chi connectivity index (χ3n) is 3.65. The molecule has 102 valence electrons. The summed E-state index contributed by atoms with van der Waals surface area (Å²) in [4.78, 5) is 25.0. The van der Waals surface area contributed by atoms with Gasteiger partial charge in [0.05, 0.1) is 12.6 Å². The Bertz CT molecular complexity index is 318. The van der Waals surface area contributed by atoms with Crippen LogP contribution in [0.3, 0.4) is 0 Å². The fraction of sp³-hybridized carbons (Fsp3) is 0.833. The molecule has 1 heterocycles. The first-order valence-electron chi connectivity index (χ1n) is 6.64. The van der Waals surface area contributed by atoms with Crippen LogP contribution in [0.15, 0.2) is 0 Å². The van der Waals surface area contributed by atoms with Gasteiger partial charge in [-0.05, 0) is 32.2 Å². The van der Waals surface area contributed by atoms with E-state index in [1.165, 1.54) is 0 Å². The topological polar surface area (TPSA) is 81.7 Å². The minimum absolute atomic E-state index is 0.0714. The largest absolute Gasteiger partial charge is 0.392 e. The van der Waals surface area contributed by atoms with E-state index in [0.29, 0.717) is 6.54 Å². The molecule has 6 heteroatoms. The number of carbonyl (C=O) groups excluding carboxylic acids is 2. The Labute approximate surface area is 107 Å². The SMILES string of the molecule is O=C(CN1CCCC(O)C1)NNC(=O)C1CCC1. The van der Waals surface area contributed by atoms with Gasteiger partial charge in [0.15, 0.2) is 0 Å². The van der Waals surface area contributed by atoms with Crippen LogP contribution in [0, 0.1) is 5.92 Å². The number of nitrogens with zero attached hydrogens (tertiary/aromatic N) is 1. The molecule has 1 aliphatic heterocycles. The molecule has 1 unspecified atom stereocenters. The summed E-state index contributed by atoms with van der Waals surface area (Å²) in [6, 6.07) is 0. The molecule has 6 nitrogen and oxygen atoms in total. The lowest BCUT2D eigenvalue weighted by molar-refractivity contribution is -0.133. The summed E-state index contributed by atoms with van der Waals surface area (Å²) < 4.78 is 0. The predicted molar refractivity (Wildman–Crippen MR) is 65.3 cm³/mol. The second-order valence-electron chi connectivity index (χ2n) is 5.20. The van der Waals surface area contributed by atoms with Crippen molar-refractivity contribution in [2.45, 2.75) is 38.2 Å². The van der Waals surface area contributed by atoms with Gasteiger partial charge in [0.2, 0.25) is 5.91 Å². The lowest BCUT2D eigenvalue weighted by atomic mass is 9.85. The Balaban J connectivity index is 1.63. The van der Waals surface area contributed by atoms with Crippen molar-refractivity contribution >= 4 is 11.8 Å². The lowest BCUT2D eigenvalue weighted by Crippen LogP contribution is -2.50. The van der Waals surface area contributed by atoms with E-state index in [0.717, 1.165) is 38.6 Å². The van der Waals surface area contributed by atoms with Gasteiger partial charge in [0, 0.05) is 12.5 Å². The van der Waals surface area contributed by atoms with Crippen LogP contribution >= 0.6 is 0 Å². The first-order chi connectivity index (χ1) is 8.65. The number of aliphatic hydroxyl groups is 1. The molecule has 2 amide bonds. The normalized spacial score (nSPS) is 25.3. The number of amides is 2. The van der Waals surface area contributed by atoms with E-state index >= 15 is 0 Å². The van der Waals surface area contributed by atoms with E-state index in [4.69, 9.17) is 0 Å². The van der Waals surface area contributed by atoms with E-state index in [9.17, 15) is 14.7 Å². The summed E-state index contributed by atoms with van der Waals surface area (Å²) in [6.45, 7) is 1.58. The molecular formula is C12H21N3O3. The van der Waals surface area contributed by atoms with Gasteiger partial charge in [-0.15, -0.1) is 0 Å². The van der Waals surface area contributed by atoms with E-state index in [1.54, 1.807) is 0 Å². The Morgan fingerprint density at radius 2 is 1.94 bits per heavy atom. The molecule has 18 heavy (non-hydrogen) atoms. The monoisotopic (exact) mass is 255 g/mol. The van der Waals surface area contributed by atoms with Crippen LogP contribution in [0.4, 0.5) is 0 Å². The fourth-order valence-electron chi connectivity index (χ4n) is 2.32. The van der Waals surface area contributed by atoms with Crippen molar-refractivity contribution in [2.24, 2.45) is 5.92 Å². The van der Waals surface area contributed by atoms with Crippen molar-refractivity contribution < 1.29 is 14.7 Å². The van der Waals surface area contributed by atoms with Crippen LogP contribution in [0.25, 0.3) is 0 Å². The van der Waals surface area contributed by atoms with E-state index in [1.807, 2.05) is 4.90 Å². The van der Waals surface area contributed by atoms with Crippen LogP contribution in [0.2, 0.25) is 0 Å². The van der Waals surface area contributed by atoms with E-state index in [2.05, 4.69) is 10.9 Å². The third-order valence-corrected chi connectivity index (χ3v) is 3.65. The Morgan fingerprint density at radius 3 is 2.56 bits per heavy atom. The van der Waals surface area contributed by atoms with Gasteiger partial charge in [0.1, 0.15) is 0 Å². The maximum atomic E-state index is 11.6. The second-order valence-corrected chi connectivity index (χ2v) is 5.20. The number of nitrogens with one attached hydrogen (secondary N) is 2. The maximum Gasteiger partial charge on any atom is 0.252 e. The second kappa shape index (κ2) is 6.15. The molecule has 2 fully saturated rings. The maximum absolute atomic E-state index is 11.6. The standard InChI is InChI=1S/C12H21N3O3/c16-10-5-2-6-15(7-10)8-11(17)13-14-12(18)9-3-1-4-9/h9-10,16H,1-8H2,(H,13,17)(H,14,18). The zero-order chi connectivity index (χ0) is 13.0. The Morgan fingerprint density at radius 1 is 1.17 bits per heavy atom. The fourth-order valence-corrected chi connectivity index (χ4v) is 2.32. The molecule has 0 aromatic carbocycles. The highest BCUT2D eigenvalue weighted by Crippen LogP contribution is 2.25. The highest BCUT2D eigenvalue weighted by molar-refractivity contribution is 5.84. The smallest absolute Gasteiger partial charge is 0.252 e. The molecule has 1 atom stereocenters. The molecule has 3 N–H and O–H groups in total. The van der Waals surface area contributed by atoms with Gasteiger partial charge >= 0.3 is 0 Å². The van der Waals surface area contributed by atoms with Crippen LogP contribution in [-0.4, -0.2) is 47.6 Å². The number of rotatable bonds is 3. The van der Waals surface area contributed by atoms with E-state index < -0.39 is 0 Å². The third kappa shape index (κ3) is 3.68. The van der Waals surface area contributed by atoms with Crippen molar-refractivity contribution in [3.05, 3.63) is 0 Å². The van der Waals surface area contributed by atoms with Crippen molar-refractivity contribution in [3.63, 3.8) is 0 Å². The first kappa shape index (κ1) is 13.3. The quantitative estimate of drug-likeness (QED) is 0.588. The van der Waals surface area contributed by atoms with Crippen LogP contribution in [0.5, 0.6) is 0 Å². The van der Waals surface area contributed by atoms with Crippen molar-refractivity contribution in [2.75, 3.05) is 19.6 Å². The molecule has 0 radical (unpaired) electrons. The molecular weight excluding hydrogens is 234 g/mol. The average molecular weight is 255 g/mol. The van der Waals surface area contributed by atoms with Crippen LogP contribution < -0.4 is 10.9 Å². The number of hydrogen-bond donors (Lipinski definition) is 3. The van der Waals surface area contributed by atoms with E-state index in [-0.39, 0.29) is 30.4 Å². The van der Waals surface area contributed by atoms with Gasteiger partial charge in [0.25, 0.3) is 5.91 Å². The highest BCUT2D eigenvalue weighted by Gasteiger charge is 2.25. The van der Waals surface area contributed by atoms with Crippen LogP contribution in [0.1, 0.15) is 32.1 Å². The number of β-amino-alcohol motifs (C(OH)–C–C–N with tert-alkyl or cyclic N) is 1. The molecule has 0 aromatic rings. The lowest BCUT2D eigenvalue weighted by Gasteiger charge is -2.29. The minimum atomic E-state index is -0.337. The Kier molecular flexibility index (Phi) is 4.54. The number of piperidine rings is 1. The summed E-state index contributed by atoms with van der Waals surface area (Å²) in [6.07, 6.45) is 4.30. The summed E-state index contributed by atoms with van der Waals surface area (Å²) in [5.41, 5.74) is 4.89. The molecule has 2 rings (SSSR count). The number of likely N-dealkylation sites (tertiary alicyclic amines) is 1. The number of aliphatic hydroxyl groups excluding tert-OH is 1. The van der Waals surface area contributed by atoms with Crippen molar-refractivity contribution in [1.29, 1.82) is 0 Å². The molecule has 1 saturated heterocycles. The van der Waals surface area contributed by atoms with Gasteiger partial charge in [-0.25, -0.2) is 0 Å². The van der Waals surface area contributed by atoms with Crippen molar-refractivity contribution in [3.8, 4) is 0 Å². The van der Waals surface area contributed by atoms with Gasteiger partial charge < -0.3 is 5.11 Å². The first-order valence-corrected chi connectivity index (χ1v) is 6.64. The van der Waals surface area contributed by atoms with Crippen molar-refractivity contribution in [1.82, 2.24) is 15.8 Å². The van der Waals surface area contributed by atoms with Crippen LogP contribution in [-0.2, 0) is 9.59 Å². The molecule has 0 spiro atoms. The summed E-state index contributed by atoms with van der Waals surface area (Å²) >= 11 is 0. The molecule has 0 bridgehead atoms. The van der Waals surface area contributed by atoms with Gasteiger partial charge in [-0.2, -0.15) is 0 Å². The molecule has 2 aliphatic rings. The zero-order valence-corrected chi connectivity index (χ0v) is 10.5. The van der Waals surface area contributed by atoms with Gasteiger partial charge in [-0.1, -0.05) is 6.42 Å². The number of hydrogen-bond acceptors (Lipinski definition) is 4. The summed E-state index contributed by atoms with van der Waals surface area (Å²) in [7, 11) is 0.